The highest BCUT2D eigenvalue weighted by atomic mass is 16.2. The molecule has 2 aromatic rings. The van der Waals surface area contributed by atoms with Crippen LogP contribution >= 0.6 is 0 Å². The van der Waals surface area contributed by atoms with Crippen molar-refractivity contribution >= 4 is 28.6 Å². The summed E-state index contributed by atoms with van der Waals surface area (Å²) in [6.07, 6.45) is 2.16. The zero-order valence-corrected chi connectivity index (χ0v) is 12.7. The zero-order chi connectivity index (χ0) is 15.4. The average molecular weight is 287 g/mol. The summed E-state index contributed by atoms with van der Waals surface area (Å²) in [6, 6.07) is 5.40. The molecule has 6 heteroatoms. The standard InChI is InChI=1S/C15H21N5O/c1-4-5-8-17-13-11-7-6-10(14(21)20(2)3)9-12(11)18-15(16)19-13/h6-7,9H,4-5,8H2,1-3H3,(H3,16,17,18,19). The monoisotopic (exact) mass is 287 g/mol. The number of hydrogen-bond donors (Lipinski definition) is 2. The van der Waals surface area contributed by atoms with E-state index in [0.29, 0.717) is 11.1 Å². The first-order valence-electron chi connectivity index (χ1n) is 7.05. The molecule has 112 valence electrons. The second-order valence-electron chi connectivity index (χ2n) is 5.14. The highest BCUT2D eigenvalue weighted by Crippen LogP contribution is 2.23. The summed E-state index contributed by atoms with van der Waals surface area (Å²) >= 11 is 0. The fourth-order valence-corrected chi connectivity index (χ4v) is 2.06. The number of anilines is 2. The van der Waals surface area contributed by atoms with Crippen LogP contribution in [0.25, 0.3) is 10.9 Å². The molecule has 0 saturated heterocycles. The molecule has 1 heterocycles. The molecule has 0 atom stereocenters. The van der Waals surface area contributed by atoms with Crippen LogP contribution in [-0.4, -0.2) is 41.4 Å². The van der Waals surface area contributed by atoms with Crippen molar-refractivity contribution in [2.24, 2.45) is 0 Å². The molecule has 0 radical (unpaired) electrons. The molecule has 0 unspecified atom stereocenters. The van der Waals surface area contributed by atoms with E-state index in [1.807, 2.05) is 6.07 Å². The molecule has 0 spiro atoms. The van der Waals surface area contributed by atoms with E-state index in [2.05, 4.69) is 22.2 Å². The van der Waals surface area contributed by atoms with Crippen molar-refractivity contribution < 1.29 is 4.79 Å². The second-order valence-corrected chi connectivity index (χ2v) is 5.14. The normalized spacial score (nSPS) is 10.6. The van der Waals surface area contributed by atoms with Gasteiger partial charge in [0.15, 0.2) is 0 Å². The highest BCUT2D eigenvalue weighted by molar-refractivity contribution is 5.99. The fraction of sp³-hybridized carbons (Fsp3) is 0.400. The molecule has 1 aromatic carbocycles. The average Bonchev–Trinajstić information content (AvgIpc) is 2.45. The summed E-state index contributed by atoms with van der Waals surface area (Å²) in [7, 11) is 3.44. The smallest absolute Gasteiger partial charge is 0.253 e. The van der Waals surface area contributed by atoms with Crippen molar-refractivity contribution in [2.45, 2.75) is 19.8 Å². The number of nitrogens with one attached hydrogen (secondary N) is 1. The number of nitrogens with zero attached hydrogens (tertiary/aromatic N) is 3. The molecule has 0 aliphatic carbocycles. The van der Waals surface area contributed by atoms with Crippen molar-refractivity contribution in [1.29, 1.82) is 0 Å². The third kappa shape index (κ3) is 3.39. The summed E-state index contributed by atoms with van der Waals surface area (Å²) in [4.78, 5) is 22.0. The Balaban J connectivity index is 2.41. The molecular formula is C15H21N5O. The van der Waals surface area contributed by atoms with Crippen molar-refractivity contribution in [3.05, 3.63) is 23.8 Å². The van der Waals surface area contributed by atoms with E-state index in [0.717, 1.165) is 30.6 Å². The minimum atomic E-state index is -0.0606. The summed E-state index contributed by atoms with van der Waals surface area (Å²) < 4.78 is 0. The Morgan fingerprint density at radius 3 is 2.76 bits per heavy atom. The third-order valence-corrected chi connectivity index (χ3v) is 3.19. The fourth-order valence-electron chi connectivity index (χ4n) is 2.06. The Morgan fingerprint density at radius 2 is 2.10 bits per heavy atom. The number of carbonyl (C=O) groups excluding carboxylic acids is 1. The minimum Gasteiger partial charge on any atom is -0.369 e. The number of fused-ring (bicyclic) bond motifs is 1. The van der Waals surface area contributed by atoms with Crippen LogP contribution in [0.1, 0.15) is 30.1 Å². The van der Waals surface area contributed by atoms with Crippen LogP contribution < -0.4 is 11.1 Å². The molecule has 0 aliphatic rings. The van der Waals surface area contributed by atoms with Crippen LogP contribution in [0.15, 0.2) is 18.2 Å². The lowest BCUT2D eigenvalue weighted by Gasteiger charge is -2.12. The van der Waals surface area contributed by atoms with Gasteiger partial charge in [-0.1, -0.05) is 13.3 Å². The molecule has 0 aliphatic heterocycles. The van der Waals surface area contributed by atoms with Gasteiger partial charge in [-0.2, -0.15) is 4.98 Å². The maximum atomic E-state index is 12.0. The Morgan fingerprint density at radius 1 is 1.33 bits per heavy atom. The van der Waals surface area contributed by atoms with E-state index in [1.54, 1.807) is 26.2 Å². The first-order chi connectivity index (χ1) is 10.0. The Labute approximate surface area is 124 Å². The molecule has 6 nitrogen and oxygen atoms in total. The van der Waals surface area contributed by atoms with Gasteiger partial charge in [0.05, 0.1) is 5.52 Å². The van der Waals surface area contributed by atoms with Gasteiger partial charge in [-0.15, -0.1) is 0 Å². The van der Waals surface area contributed by atoms with E-state index in [9.17, 15) is 4.79 Å². The summed E-state index contributed by atoms with van der Waals surface area (Å²) in [5.41, 5.74) is 7.02. The first-order valence-corrected chi connectivity index (χ1v) is 7.05. The SMILES string of the molecule is CCCCNc1nc(N)nc2cc(C(=O)N(C)C)ccc12. The quantitative estimate of drug-likeness (QED) is 0.823. The summed E-state index contributed by atoms with van der Waals surface area (Å²) in [5, 5.41) is 4.15. The number of aromatic nitrogens is 2. The Bertz CT molecular complexity index is 654. The summed E-state index contributed by atoms with van der Waals surface area (Å²) in [5.74, 6) is 0.861. The number of carbonyl (C=O) groups is 1. The molecular weight excluding hydrogens is 266 g/mol. The molecule has 1 amide bonds. The maximum absolute atomic E-state index is 12.0. The largest absolute Gasteiger partial charge is 0.369 e. The van der Waals surface area contributed by atoms with Gasteiger partial charge < -0.3 is 16.0 Å². The van der Waals surface area contributed by atoms with E-state index < -0.39 is 0 Å². The number of nitrogens with two attached hydrogens (primary N) is 1. The van der Waals surface area contributed by atoms with E-state index >= 15 is 0 Å². The van der Waals surface area contributed by atoms with Crippen LogP contribution in [-0.2, 0) is 0 Å². The van der Waals surface area contributed by atoms with Crippen LogP contribution in [0, 0.1) is 0 Å². The lowest BCUT2D eigenvalue weighted by Crippen LogP contribution is -2.21. The van der Waals surface area contributed by atoms with Crippen molar-refractivity contribution in [1.82, 2.24) is 14.9 Å². The van der Waals surface area contributed by atoms with Gasteiger partial charge in [0.25, 0.3) is 5.91 Å². The van der Waals surface area contributed by atoms with Gasteiger partial charge in [0.1, 0.15) is 5.82 Å². The Hall–Kier alpha value is -2.37. The second kappa shape index (κ2) is 6.39. The Kier molecular flexibility index (Phi) is 4.57. The first kappa shape index (κ1) is 15.0. The lowest BCUT2D eigenvalue weighted by atomic mass is 10.1. The predicted octanol–water partition coefficient (Wildman–Crippen LogP) is 2.13. The van der Waals surface area contributed by atoms with Gasteiger partial charge in [0.2, 0.25) is 5.95 Å². The zero-order valence-electron chi connectivity index (χ0n) is 12.7. The van der Waals surface area contributed by atoms with E-state index in [4.69, 9.17) is 5.73 Å². The van der Waals surface area contributed by atoms with Crippen LogP contribution in [0.5, 0.6) is 0 Å². The number of nitrogen functional groups attached to an aromatic ring is 1. The van der Waals surface area contributed by atoms with Gasteiger partial charge in [-0.05, 0) is 24.6 Å². The van der Waals surface area contributed by atoms with Crippen LogP contribution in [0.2, 0.25) is 0 Å². The molecule has 2 rings (SSSR count). The van der Waals surface area contributed by atoms with E-state index in [-0.39, 0.29) is 11.9 Å². The molecule has 3 N–H and O–H groups in total. The minimum absolute atomic E-state index is 0.0606. The number of rotatable bonds is 5. The van der Waals surface area contributed by atoms with Crippen molar-refractivity contribution in [3.63, 3.8) is 0 Å². The number of benzene rings is 1. The van der Waals surface area contributed by atoms with Gasteiger partial charge in [-0.3, -0.25) is 4.79 Å². The lowest BCUT2D eigenvalue weighted by molar-refractivity contribution is 0.0827. The number of hydrogen-bond acceptors (Lipinski definition) is 5. The molecule has 0 bridgehead atoms. The molecule has 0 fully saturated rings. The maximum Gasteiger partial charge on any atom is 0.253 e. The molecule has 0 saturated carbocycles. The molecule has 1 aromatic heterocycles. The third-order valence-electron chi connectivity index (χ3n) is 3.19. The predicted molar refractivity (Wildman–Crippen MR) is 85.4 cm³/mol. The topological polar surface area (TPSA) is 84.1 Å². The van der Waals surface area contributed by atoms with Crippen LogP contribution in [0.3, 0.4) is 0 Å². The number of unbranched alkanes of at least 4 members (excludes halogenated alkanes) is 1. The van der Waals surface area contributed by atoms with Crippen molar-refractivity contribution in [3.8, 4) is 0 Å². The van der Waals surface area contributed by atoms with Gasteiger partial charge in [-0.25, -0.2) is 4.98 Å². The summed E-state index contributed by atoms with van der Waals surface area (Å²) in [6.45, 7) is 2.97. The highest BCUT2D eigenvalue weighted by Gasteiger charge is 2.12. The molecule has 21 heavy (non-hydrogen) atoms. The number of amides is 1. The van der Waals surface area contributed by atoms with Gasteiger partial charge in [0, 0.05) is 31.6 Å². The van der Waals surface area contributed by atoms with E-state index in [1.165, 1.54) is 4.90 Å². The van der Waals surface area contributed by atoms with Gasteiger partial charge >= 0.3 is 0 Å². The van der Waals surface area contributed by atoms with Crippen molar-refractivity contribution in [2.75, 3.05) is 31.7 Å². The van der Waals surface area contributed by atoms with Crippen LogP contribution in [0.4, 0.5) is 11.8 Å².